The first-order valence-electron chi connectivity index (χ1n) is 10.9. The largest absolute Gasteiger partial charge is 0.292 e. The molecule has 5 rings (SSSR count). The van der Waals surface area contributed by atoms with Crippen LogP contribution < -0.4 is 10.0 Å². The molecule has 0 radical (unpaired) electrons. The van der Waals surface area contributed by atoms with Crippen molar-refractivity contribution in [2.24, 2.45) is 10.2 Å². The van der Waals surface area contributed by atoms with Crippen LogP contribution in [0.15, 0.2) is 95.2 Å². The van der Waals surface area contributed by atoms with Gasteiger partial charge in [-0.15, -0.1) is 0 Å². The van der Waals surface area contributed by atoms with Crippen molar-refractivity contribution in [1.29, 1.82) is 0 Å². The lowest BCUT2D eigenvalue weighted by atomic mass is 10.00. The summed E-state index contributed by atoms with van der Waals surface area (Å²) in [6, 6.07) is 23.8. The molecule has 2 aliphatic heterocycles. The third kappa shape index (κ3) is 3.93. The Morgan fingerprint density at radius 2 is 1.59 bits per heavy atom. The van der Waals surface area contributed by atoms with Crippen molar-refractivity contribution >= 4 is 51.3 Å². The van der Waals surface area contributed by atoms with Gasteiger partial charge in [0.2, 0.25) is 4.99 Å². The fourth-order valence-corrected chi connectivity index (χ4v) is 5.29. The zero-order valence-corrected chi connectivity index (χ0v) is 20.6. The lowest BCUT2D eigenvalue weighted by Crippen LogP contribution is -2.53. The van der Waals surface area contributed by atoms with Crippen LogP contribution in [0, 0.1) is 13.8 Å². The molecule has 0 saturated carbocycles. The number of rotatable bonds is 4. The van der Waals surface area contributed by atoms with E-state index < -0.39 is 4.99 Å². The van der Waals surface area contributed by atoms with Crippen molar-refractivity contribution in [1.82, 2.24) is 0 Å². The Morgan fingerprint density at radius 1 is 0.912 bits per heavy atom. The van der Waals surface area contributed by atoms with Gasteiger partial charge in [-0.2, -0.15) is 10.2 Å². The number of ketones is 1. The minimum atomic E-state index is -0.891. The number of hydrogen-bond donors (Lipinski definition) is 0. The monoisotopic (exact) mass is 486 g/mol. The van der Waals surface area contributed by atoms with Crippen molar-refractivity contribution in [3.8, 4) is 0 Å². The average molecular weight is 487 g/mol. The number of allylic oxidation sites excluding steroid dienone is 1. The molecule has 2 heterocycles. The predicted octanol–water partition coefficient (Wildman–Crippen LogP) is 6.55. The number of carbonyl (C=O) groups is 1. The molecule has 7 heteroatoms. The molecule has 3 aromatic rings. The second kappa shape index (κ2) is 8.78. The number of hydrazone groups is 2. The van der Waals surface area contributed by atoms with Gasteiger partial charge in [0, 0.05) is 17.5 Å². The smallest absolute Gasteiger partial charge is 0.227 e. The van der Waals surface area contributed by atoms with Crippen LogP contribution >= 0.6 is 23.4 Å². The van der Waals surface area contributed by atoms with E-state index in [4.69, 9.17) is 21.8 Å². The van der Waals surface area contributed by atoms with E-state index in [1.807, 2.05) is 70.7 Å². The predicted molar refractivity (Wildman–Crippen MR) is 143 cm³/mol. The Kier molecular flexibility index (Phi) is 5.80. The minimum absolute atomic E-state index is 0.0912. The van der Waals surface area contributed by atoms with Gasteiger partial charge in [-0.1, -0.05) is 47.5 Å². The van der Waals surface area contributed by atoms with Crippen molar-refractivity contribution in [2.75, 3.05) is 10.0 Å². The molecule has 1 spiro atoms. The first-order valence-corrected chi connectivity index (χ1v) is 12.1. The molecule has 0 aromatic heterocycles. The third-order valence-electron chi connectivity index (χ3n) is 5.75. The van der Waals surface area contributed by atoms with Crippen LogP contribution in [0.4, 0.5) is 11.4 Å². The highest BCUT2D eigenvalue weighted by Crippen LogP contribution is 2.48. The Balaban J connectivity index is 1.69. The number of halogens is 1. The molecule has 1 atom stereocenters. The maximum absolute atomic E-state index is 12.4. The molecule has 170 valence electrons. The van der Waals surface area contributed by atoms with Crippen LogP contribution in [0.5, 0.6) is 0 Å². The number of benzene rings is 3. The van der Waals surface area contributed by atoms with Gasteiger partial charge in [-0.3, -0.25) is 4.79 Å². The van der Waals surface area contributed by atoms with Crippen LogP contribution in [0.2, 0.25) is 5.02 Å². The average Bonchev–Trinajstić information content (AvgIpc) is 3.22. The van der Waals surface area contributed by atoms with Gasteiger partial charge in [-0.05, 0) is 85.8 Å². The van der Waals surface area contributed by atoms with E-state index in [0.29, 0.717) is 10.1 Å². The molecule has 5 nitrogen and oxygen atoms in total. The standard InChI is InChI=1S/C27H23ClN4OS/c1-18-9-10-19(2)24(17-18)25-15-16-27(31(29-25)22-7-5-4-6-8-22)32(30-26(34-27)20(3)33)23-13-11-21(28)12-14-23/h4-17H,1-3H3/t27-/m0/s1. The van der Waals surface area contributed by atoms with E-state index in [1.165, 1.54) is 24.2 Å². The highest BCUT2D eigenvalue weighted by molar-refractivity contribution is 8.17. The van der Waals surface area contributed by atoms with E-state index in [2.05, 4.69) is 38.1 Å². The van der Waals surface area contributed by atoms with Gasteiger partial charge in [-0.25, -0.2) is 10.0 Å². The lowest BCUT2D eigenvalue weighted by Gasteiger charge is -2.43. The van der Waals surface area contributed by atoms with E-state index in [0.717, 1.165) is 28.2 Å². The summed E-state index contributed by atoms with van der Waals surface area (Å²) in [7, 11) is 0. The molecule has 0 N–H and O–H groups in total. The van der Waals surface area contributed by atoms with Gasteiger partial charge in [0.25, 0.3) is 0 Å². The molecule has 0 saturated heterocycles. The summed E-state index contributed by atoms with van der Waals surface area (Å²) < 4.78 is 0. The van der Waals surface area contributed by atoms with E-state index in [1.54, 1.807) is 0 Å². The van der Waals surface area contributed by atoms with Crippen molar-refractivity contribution in [3.63, 3.8) is 0 Å². The minimum Gasteiger partial charge on any atom is -0.292 e. The molecule has 0 unspecified atom stereocenters. The molecular formula is C27H23ClN4OS. The summed E-state index contributed by atoms with van der Waals surface area (Å²) in [4.78, 5) is 11.5. The summed E-state index contributed by atoms with van der Waals surface area (Å²) in [5.41, 5.74) is 5.94. The third-order valence-corrected chi connectivity index (χ3v) is 7.35. The molecule has 0 bridgehead atoms. The molecule has 0 amide bonds. The number of Topliss-reactive ketones (excluding diaryl/α,β-unsaturated/α-hetero) is 1. The van der Waals surface area contributed by atoms with Crippen LogP contribution in [0.25, 0.3) is 0 Å². The summed E-state index contributed by atoms with van der Waals surface area (Å²) in [5.74, 6) is -0.0912. The number of carbonyl (C=O) groups excluding carboxylic acids is 1. The second-order valence-electron chi connectivity index (χ2n) is 8.29. The highest BCUT2D eigenvalue weighted by Gasteiger charge is 2.51. The number of para-hydroxylation sites is 1. The van der Waals surface area contributed by atoms with Crippen molar-refractivity contribution in [2.45, 2.75) is 25.8 Å². The van der Waals surface area contributed by atoms with E-state index in [-0.39, 0.29) is 5.78 Å². The number of nitrogens with zero attached hydrogens (tertiary/aromatic N) is 4. The Morgan fingerprint density at radius 3 is 2.29 bits per heavy atom. The fraction of sp³-hybridized carbons (Fsp3) is 0.148. The first kappa shape index (κ1) is 22.4. The van der Waals surface area contributed by atoms with Crippen LogP contribution in [0.1, 0.15) is 23.6 Å². The Labute approximate surface area is 208 Å². The molecule has 34 heavy (non-hydrogen) atoms. The SMILES string of the molecule is CC(=O)C1=NN(c2ccc(Cl)cc2)[C@@]2(C=CC(c3cc(C)ccc3C)=NN2c2ccccc2)S1. The molecule has 3 aromatic carbocycles. The number of aryl methyl sites for hydroxylation is 2. The normalized spacial score (nSPS) is 19.4. The Bertz CT molecular complexity index is 1350. The summed E-state index contributed by atoms with van der Waals surface area (Å²) >= 11 is 7.54. The van der Waals surface area contributed by atoms with Crippen molar-refractivity contribution in [3.05, 3.63) is 107 Å². The zero-order valence-electron chi connectivity index (χ0n) is 19.1. The maximum Gasteiger partial charge on any atom is 0.227 e. The van der Waals surface area contributed by atoms with Crippen molar-refractivity contribution < 1.29 is 4.79 Å². The number of anilines is 2. The zero-order chi connectivity index (χ0) is 23.9. The van der Waals surface area contributed by atoms with Gasteiger partial charge in [0.15, 0.2) is 10.8 Å². The van der Waals surface area contributed by atoms with Crippen LogP contribution in [0.3, 0.4) is 0 Å². The lowest BCUT2D eigenvalue weighted by molar-refractivity contribution is -0.110. The molecule has 2 aliphatic rings. The number of thioether (sulfide) groups is 1. The molecular weight excluding hydrogens is 464 g/mol. The quantitative estimate of drug-likeness (QED) is 0.419. The van der Waals surface area contributed by atoms with Crippen LogP contribution in [-0.4, -0.2) is 21.5 Å². The fourth-order valence-electron chi connectivity index (χ4n) is 4.01. The summed E-state index contributed by atoms with van der Waals surface area (Å²) in [6.45, 7) is 5.70. The summed E-state index contributed by atoms with van der Waals surface area (Å²) in [5, 5.41) is 14.7. The molecule has 0 aliphatic carbocycles. The van der Waals surface area contributed by atoms with Gasteiger partial charge in [0.05, 0.1) is 17.1 Å². The summed E-state index contributed by atoms with van der Waals surface area (Å²) in [6.07, 6.45) is 4.10. The second-order valence-corrected chi connectivity index (χ2v) is 9.92. The van der Waals surface area contributed by atoms with Crippen LogP contribution in [-0.2, 0) is 4.79 Å². The van der Waals surface area contributed by atoms with Gasteiger partial charge >= 0.3 is 0 Å². The Hall–Kier alpha value is -3.35. The van der Waals surface area contributed by atoms with E-state index in [9.17, 15) is 4.79 Å². The van der Waals surface area contributed by atoms with E-state index >= 15 is 0 Å². The topological polar surface area (TPSA) is 48.3 Å². The first-order chi connectivity index (χ1) is 16.4. The number of hydrogen-bond acceptors (Lipinski definition) is 6. The highest BCUT2D eigenvalue weighted by atomic mass is 35.5. The van der Waals surface area contributed by atoms with Gasteiger partial charge in [0.1, 0.15) is 0 Å². The molecule has 0 fully saturated rings. The maximum atomic E-state index is 12.4. The van der Waals surface area contributed by atoms with Gasteiger partial charge < -0.3 is 0 Å².